The minimum Gasteiger partial charge on any atom is -0.358 e. The molecule has 2 saturated heterocycles. The highest BCUT2D eigenvalue weighted by Gasteiger charge is 2.37. The van der Waals surface area contributed by atoms with Crippen molar-refractivity contribution in [2.24, 2.45) is 0 Å². The van der Waals surface area contributed by atoms with Crippen molar-refractivity contribution in [1.82, 2.24) is 10.1 Å². The Balaban J connectivity index is 1.78. The SMILES string of the molecule is N#CC1CCN1OC(=O)C(=O)ON1CCC1C#N. The summed E-state index contributed by atoms with van der Waals surface area (Å²) >= 11 is 0. The van der Waals surface area contributed by atoms with Crippen LogP contribution in [0, 0.1) is 22.7 Å². The van der Waals surface area contributed by atoms with Crippen LogP contribution in [0.3, 0.4) is 0 Å². The fraction of sp³-hybridized carbons (Fsp3) is 0.600. The van der Waals surface area contributed by atoms with Crippen LogP contribution in [0.1, 0.15) is 12.8 Å². The number of nitrogens with zero attached hydrogens (tertiary/aromatic N) is 4. The zero-order chi connectivity index (χ0) is 13.1. The summed E-state index contributed by atoms with van der Waals surface area (Å²) < 4.78 is 0. The Morgan fingerprint density at radius 1 is 0.944 bits per heavy atom. The molecule has 0 aromatic rings. The van der Waals surface area contributed by atoms with Gasteiger partial charge in [-0.2, -0.15) is 10.5 Å². The fourth-order valence-corrected chi connectivity index (χ4v) is 1.49. The Labute approximate surface area is 103 Å². The molecule has 94 valence electrons. The molecule has 2 heterocycles. The highest BCUT2D eigenvalue weighted by molar-refractivity contribution is 6.29. The number of rotatable bonds is 2. The molecule has 0 aromatic heterocycles. The molecule has 0 radical (unpaired) electrons. The molecular weight excluding hydrogens is 240 g/mol. The van der Waals surface area contributed by atoms with Gasteiger partial charge < -0.3 is 9.68 Å². The van der Waals surface area contributed by atoms with Crippen molar-refractivity contribution < 1.29 is 19.3 Å². The second kappa shape index (κ2) is 5.00. The van der Waals surface area contributed by atoms with E-state index in [1.165, 1.54) is 0 Å². The van der Waals surface area contributed by atoms with Crippen LogP contribution in [0.25, 0.3) is 0 Å². The van der Waals surface area contributed by atoms with Crippen LogP contribution >= 0.6 is 0 Å². The Hall–Kier alpha value is -2.16. The Bertz CT molecular complexity index is 410. The first-order valence-electron chi connectivity index (χ1n) is 5.42. The number of hydroxylamine groups is 4. The van der Waals surface area contributed by atoms with E-state index in [0.717, 1.165) is 10.1 Å². The molecule has 2 atom stereocenters. The normalized spacial score (nSPS) is 27.0. The van der Waals surface area contributed by atoms with E-state index < -0.39 is 24.0 Å². The van der Waals surface area contributed by atoms with E-state index in [9.17, 15) is 9.59 Å². The van der Waals surface area contributed by atoms with Crippen LogP contribution in [0.15, 0.2) is 0 Å². The molecule has 0 spiro atoms. The summed E-state index contributed by atoms with van der Waals surface area (Å²) in [6.45, 7) is 0.837. The molecule has 2 aliphatic rings. The predicted octanol–water partition coefficient (Wildman–Crippen LogP) is -0.901. The summed E-state index contributed by atoms with van der Waals surface area (Å²) in [5.41, 5.74) is 0. The first kappa shape index (κ1) is 12.3. The van der Waals surface area contributed by atoms with Crippen LogP contribution in [-0.2, 0) is 19.3 Å². The Morgan fingerprint density at radius 3 is 1.56 bits per heavy atom. The lowest BCUT2D eigenvalue weighted by Crippen LogP contribution is -2.51. The van der Waals surface area contributed by atoms with Crippen LogP contribution in [0.2, 0.25) is 0 Å². The van der Waals surface area contributed by atoms with Gasteiger partial charge in [-0.25, -0.2) is 9.59 Å². The summed E-state index contributed by atoms with van der Waals surface area (Å²) in [5, 5.41) is 19.5. The second-order valence-corrected chi connectivity index (χ2v) is 3.91. The van der Waals surface area contributed by atoms with E-state index in [2.05, 4.69) is 9.68 Å². The third kappa shape index (κ3) is 2.25. The molecule has 0 aliphatic carbocycles. The lowest BCUT2D eigenvalue weighted by atomic mass is 10.1. The highest BCUT2D eigenvalue weighted by atomic mass is 16.8. The van der Waals surface area contributed by atoms with Gasteiger partial charge in [0.05, 0.1) is 12.1 Å². The topological polar surface area (TPSA) is 107 Å². The number of carbonyl (C=O) groups is 2. The average Bonchev–Trinajstić information content (AvgIpc) is 2.30. The molecule has 18 heavy (non-hydrogen) atoms. The molecule has 0 saturated carbocycles. The van der Waals surface area contributed by atoms with Crippen LogP contribution < -0.4 is 0 Å². The van der Waals surface area contributed by atoms with Gasteiger partial charge in [-0.1, -0.05) is 0 Å². The number of hydrogen-bond acceptors (Lipinski definition) is 8. The maximum atomic E-state index is 11.3. The highest BCUT2D eigenvalue weighted by Crippen LogP contribution is 2.18. The van der Waals surface area contributed by atoms with Gasteiger partial charge in [0.25, 0.3) is 0 Å². The van der Waals surface area contributed by atoms with Gasteiger partial charge in [-0.15, -0.1) is 10.1 Å². The van der Waals surface area contributed by atoms with Gasteiger partial charge in [0.2, 0.25) is 0 Å². The van der Waals surface area contributed by atoms with E-state index in [1.807, 2.05) is 12.1 Å². The Morgan fingerprint density at radius 2 is 1.33 bits per heavy atom. The molecule has 8 heteroatoms. The summed E-state index contributed by atoms with van der Waals surface area (Å²) in [7, 11) is 0. The summed E-state index contributed by atoms with van der Waals surface area (Å²) in [4.78, 5) is 32.0. The number of hydrogen-bond donors (Lipinski definition) is 0. The van der Waals surface area contributed by atoms with Gasteiger partial charge in [0, 0.05) is 13.1 Å². The second-order valence-electron chi connectivity index (χ2n) is 3.91. The van der Waals surface area contributed by atoms with Crippen LogP contribution in [0.5, 0.6) is 0 Å². The van der Waals surface area contributed by atoms with E-state index in [-0.39, 0.29) is 0 Å². The maximum absolute atomic E-state index is 11.3. The van der Waals surface area contributed by atoms with Crippen molar-refractivity contribution in [2.45, 2.75) is 24.9 Å². The van der Waals surface area contributed by atoms with Crippen molar-refractivity contribution in [3.63, 3.8) is 0 Å². The molecule has 0 aromatic carbocycles. The van der Waals surface area contributed by atoms with E-state index in [4.69, 9.17) is 10.5 Å². The summed E-state index contributed by atoms with van der Waals surface area (Å²) in [6, 6.07) is 2.83. The zero-order valence-electron chi connectivity index (χ0n) is 9.40. The van der Waals surface area contributed by atoms with Crippen LogP contribution in [-0.4, -0.2) is 47.2 Å². The maximum Gasteiger partial charge on any atom is 0.438 e. The minimum atomic E-state index is -1.18. The van der Waals surface area contributed by atoms with E-state index >= 15 is 0 Å². The van der Waals surface area contributed by atoms with E-state index in [0.29, 0.717) is 25.9 Å². The van der Waals surface area contributed by atoms with Crippen molar-refractivity contribution in [3.8, 4) is 12.1 Å². The molecule has 0 amide bonds. The smallest absolute Gasteiger partial charge is 0.358 e. The first-order valence-corrected chi connectivity index (χ1v) is 5.42. The average molecular weight is 250 g/mol. The monoisotopic (exact) mass is 250 g/mol. The molecule has 2 fully saturated rings. The summed E-state index contributed by atoms with van der Waals surface area (Å²) in [6.07, 6.45) is 1.20. The third-order valence-corrected chi connectivity index (χ3v) is 2.81. The Kier molecular flexibility index (Phi) is 3.42. The molecule has 8 nitrogen and oxygen atoms in total. The first-order chi connectivity index (χ1) is 8.65. The van der Waals surface area contributed by atoms with Gasteiger partial charge in [0.15, 0.2) is 0 Å². The predicted molar refractivity (Wildman–Crippen MR) is 53.6 cm³/mol. The molecule has 2 aliphatic heterocycles. The van der Waals surface area contributed by atoms with Crippen molar-refractivity contribution in [1.29, 1.82) is 10.5 Å². The van der Waals surface area contributed by atoms with Crippen molar-refractivity contribution in [3.05, 3.63) is 0 Å². The largest absolute Gasteiger partial charge is 0.438 e. The molecule has 0 bridgehead atoms. The molecule has 0 N–H and O–H groups in total. The lowest BCUT2D eigenvalue weighted by molar-refractivity contribution is -0.244. The van der Waals surface area contributed by atoms with Gasteiger partial charge in [-0.3, -0.25) is 0 Å². The quantitative estimate of drug-likeness (QED) is 0.580. The zero-order valence-corrected chi connectivity index (χ0v) is 9.40. The fourth-order valence-electron chi connectivity index (χ4n) is 1.49. The van der Waals surface area contributed by atoms with Gasteiger partial charge in [0.1, 0.15) is 12.1 Å². The number of carbonyl (C=O) groups excluding carboxylic acids is 2. The standard InChI is InChI=1S/C10H10N4O4/c11-5-7-1-3-13(7)17-9(15)10(16)18-14-4-2-8(14)6-12/h7-8H,1-4H2. The van der Waals surface area contributed by atoms with Crippen molar-refractivity contribution >= 4 is 11.9 Å². The third-order valence-electron chi connectivity index (χ3n) is 2.81. The number of nitriles is 2. The van der Waals surface area contributed by atoms with Crippen molar-refractivity contribution in [2.75, 3.05) is 13.1 Å². The molecule has 2 unspecified atom stereocenters. The molecular formula is C10H10N4O4. The lowest BCUT2D eigenvalue weighted by Gasteiger charge is -2.35. The van der Waals surface area contributed by atoms with Crippen LogP contribution in [0.4, 0.5) is 0 Å². The summed E-state index contributed by atoms with van der Waals surface area (Å²) in [5.74, 6) is -2.36. The van der Waals surface area contributed by atoms with Gasteiger partial charge in [-0.05, 0) is 12.8 Å². The van der Waals surface area contributed by atoms with Gasteiger partial charge >= 0.3 is 11.9 Å². The van der Waals surface area contributed by atoms with E-state index in [1.54, 1.807) is 0 Å². The molecule has 2 rings (SSSR count). The minimum absolute atomic E-state index is 0.418.